The Morgan fingerprint density at radius 1 is 0.862 bits per heavy atom. The molecule has 0 bridgehead atoms. The number of aryl methyl sites for hydroxylation is 1. The van der Waals surface area contributed by atoms with Crippen molar-refractivity contribution < 1.29 is 24.5 Å². The van der Waals surface area contributed by atoms with Crippen molar-refractivity contribution in [2.24, 2.45) is 0 Å². The van der Waals surface area contributed by atoms with E-state index in [-0.39, 0.29) is 0 Å². The number of rotatable bonds is 5. The predicted octanol–water partition coefficient (Wildman–Crippen LogP) is 2.48. The van der Waals surface area contributed by atoms with Crippen LogP contribution in [0.2, 0.25) is 0 Å². The van der Waals surface area contributed by atoms with Crippen LogP contribution in [0.3, 0.4) is 0 Å². The maximum absolute atomic E-state index is 9.10. The molecule has 1 heterocycles. The topological polar surface area (TPSA) is 90.3 Å². The van der Waals surface area contributed by atoms with Crippen LogP contribution in [0.5, 0.6) is 5.75 Å². The highest BCUT2D eigenvalue weighted by Crippen LogP contribution is 2.15. The first-order valence-corrected chi connectivity index (χ1v) is 9.47. The average Bonchev–Trinajstić information content (AvgIpc) is 2.70. The Morgan fingerprint density at radius 2 is 1.38 bits per heavy atom. The van der Waals surface area contributed by atoms with Gasteiger partial charge in [0, 0.05) is 39.3 Å². The van der Waals surface area contributed by atoms with Gasteiger partial charge in [-0.2, -0.15) is 0 Å². The minimum absolute atomic E-state index is 0.928. The molecule has 0 saturated carbocycles. The van der Waals surface area contributed by atoms with Crippen molar-refractivity contribution in [2.45, 2.75) is 20.0 Å². The second-order valence-corrected chi connectivity index (χ2v) is 7.00. The van der Waals surface area contributed by atoms with E-state index >= 15 is 0 Å². The molecule has 1 aliphatic heterocycles. The summed E-state index contributed by atoms with van der Waals surface area (Å²) in [4.78, 5) is 23.3. The van der Waals surface area contributed by atoms with Gasteiger partial charge in [-0.3, -0.25) is 9.80 Å². The lowest BCUT2D eigenvalue weighted by Gasteiger charge is -2.34. The number of carboxylic acids is 2. The quantitative estimate of drug-likeness (QED) is 0.745. The Labute approximate surface area is 171 Å². The Hall–Kier alpha value is -2.90. The van der Waals surface area contributed by atoms with Crippen molar-refractivity contribution in [2.75, 3.05) is 33.3 Å². The third-order valence-electron chi connectivity index (χ3n) is 4.70. The van der Waals surface area contributed by atoms with E-state index in [0.29, 0.717) is 0 Å². The Bertz CT molecular complexity index is 787. The lowest BCUT2D eigenvalue weighted by molar-refractivity contribution is -0.159. The van der Waals surface area contributed by atoms with Gasteiger partial charge in [0.2, 0.25) is 0 Å². The van der Waals surface area contributed by atoms with Gasteiger partial charge in [-0.15, -0.1) is 0 Å². The van der Waals surface area contributed by atoms with Gasteiger partial charge in [0.25, 0.3) is 0 Å². The predicted molar refractivity (Wildman–Crippen MR) is 110 cm³/mol. The average molecular weight is 400 g/mol. The minimum atomic E-state index is -1.82. The summed E-state index contributed by atoms with van der Waals surface area (Å²) in [5, 5.41) is 14.8. The summed E-state index contributed by atoms with van der Waals surface area (Å²) in [5.74, 6) is -2.72. The molecular formula is C22H28N2O5. The summed E-state index contributed by atoms with van der Waals surface area (Å²) < 4.78 is 5.22. The van der Waals surface area contributed by atoms with Crippen LogP contribution >= 0.6 is 0 Å². The first-order chi connectivity index (χ1) is 13.9. The summed E-state index contributed by atoms with van der Waals surface area (Å²) in [6.07, 6.45) is 0. The van der Waals surface area contributed by atoms with Gasteiger partial charge in [0.05, 0.1) is 7.11 Å². The van der Waals surface area contributed by atoms with Crippen LogP contribution in [0.25, 0.3) is 0 Å². The van der Waals surface area contributed by atoms with Crippen molar-refractivity contribution in [3.05, 3.63) is 65.2 Å². The molecule has 0 unspecified atom stereocenters. The third kappa shape index (κ3) is 7.93. The van der Waals surface area contributed by atoms with Crippen molar-refractivity contribution in [1.82, 2.24) is 9.80 Å². The van der Waals surface area contributed by atoms with Gasteiger partial charge in [0.15, 0.2) is 0 Å². The Balaban J connectivity index is 0.000000438. The molecule has 2 N–H and O–H groups in total. The largest absolute Gasteiger partial charge is 0.497 e. The van der Waals surface area contributed by atoms with E-state index in [1.165, 1.54) is 16.7 Å². The normalized spacial score (nSPS) is 14.6. The fourth-order valence-corrected chi connectivity index (χ4v) is 3.16. The smallest absolute Gasteiger partial charge is 0.414 e. The number of carboxylic acid groups (broad SMARTS) is 2. The van der Waals surface area contributed by atoms with Gasteiger partial charge >= 0.3 is 11.9 Å². The van der Waals surface area contributed by atoms with Gasteiger partial charge in [-0.05, 0) is 30.2 Å². The number of ether oxygens (including phenoxy) is 1. The van der Waals surface area contributed by atoms with E-state index < -0.39 is 11.9 Å². The van der Waals surface area contributed by atoms with Crippen LogP contribution in [0, 0.1) is 6.92 Å². The number of aliphatic carboxylic acids is 2. The van der Waals surface area contributed by atoms with Crippen molar-refractivity contribution >= 4 is 11.9 Å². The standard InChI is InChI=1S/C20H26N2O.C2H2O4/c1-17-4-3-5-19(14-17)16-22-12-10-21(11-13-22)15-18-6-8-20(23-2)9-7-18;3-1(4)2(5)6/h3-9,14H,10-13,15-16H2,1-2H3;(H,3,4)(H,5,6). The molecule has 7 heteroatoms. The molecule has 2 aromatic rings. The molecule has 0 aromatic heterocycles. The molecule has 156 valence electrons. The number of benzene rings is 2. The van der Waals surface area contributed by atoms with E-state index in [0.717, 1.165) is 45.0 Å². The zero-order chi connectivity index (χ0) is 21.2. The zero-order valence-electron chi connectivity index (χ0n) is 16.9. The fraction of sp³-hybridized carbons (Fsp3) is 0.364. The molecule has 7 nitrogen and oxygen atoms in total. The third-order valence-corrected chi connectivity index (χ3v) is 4.70. The van der Waals surface area contributed by atoms with E-state index in [1.54, 1.807) is 7.11 Å². The second-order valence-electron chi connectivity index (χ2n) is 7.00. The SMILES string of the molecule is COc1ccc(CN2CCN(Cc3cccc(C)c3)CC2)cc1.O=C(O)C(=O)O. The molecular weight excluding hydrogens is 372 g/mol. The number of carbonyl (C=O) groups is 2. The molecule has 0 amide bonds. The minimum Gasteiger partial charge on any atom is -0.497 e. The van der Waals surface area contributed by atoms with Crippen LogP contribution in [0.1, 0.15) is 16.7 Å². The molecule has 0 spiro atoms. The first kappa shape index (κ1) is 22.4. The molecule has 1 saturated heterocycles. The van der Waals surface area contributed by atoms with Gasteiger partial charge < -0.3 is 14.9 Å². The number of nitrogens with zero attached hydrogens (tertiary/aromatic N) is 2. The summed E-state index contributed by atoms with van der Waals surface area (Å²) >= 11 is 0. The molecule has 29 heavy (non-hydrogen) atoms. The Morgan fingerprint density at radius 3 is 1.83 bits per heavy atom. The van der Waals surface area contributed by atoms with E-state index in [2.05, 4.69) is 53.1 Å². The van der Waals surface area contributed by atoms with E-state index in [4.69, 9.17) is 24.5 Å². The first-order valence-electron chi connectivity index (χ1n) is 9.47. The summed E-state index contributed by atoms with van der Waals surface area (Å²) in [7, 11) is 1.71. The maximum atomic E-state index is 9.10. The second kappa shape index (κ2) is 11.2. The fourth-order valence-electron chi connectivity index (χ4n) is 3.16. The van der Waals surface area contributed by atoms with Crippen molar-refractivity contribution in [3.8, 4) is 5.75 Å². The van der Waals surface area contributed by atoms with Crippen molar-refractivity contribution in [3.63, 3.8) is 0 Å². The highest BCUT2D eigenvalue weighted by molar-refractivity contribution is 6.27. The van der Waals surface area contributed by atoms with Gasteiger partial charge in [0.1, 0.15) is 5.75 Å². The number of methoxy groups -OCH3 is 1. The van der Waals surface area contributed by atoms with Gasteiger partial charge in [-0.25, -0.2) is 9.59 Å². The lowest BCUT2D eigenvalue weighted by atomic mass is 10.1. The summed E-state index contributed by atoms with van der Waals surface area (Å²) in [6.45, 7) is 8.82. The zero-order valence-corrected chi connectivity index (χ0v) is 16.9. The van der Waals surface area contributed by atoms with Crippen LogP contribution in [0.15, 0.2) is 48.5 Å². The number of hydrogen-bond acceptors (Lipinski definition) is 5. The molecule has 0 atom stereocenters. The van der Waals surface area contributed by atoms with Crippen LogP contribution in [0.4, 0.5) is 0 Å². The Kier molecular flexibility index (Phi) is 8.64. The van der Waals surface area contributed by atoms with E-state index in [9.17, 15) is 0 Å². The van der Waals surface area contributed by atoms with E-state index in [1.807, 2.05) is 12.1 Å². The van der Waals surface area contributed by atoms with Crippen molar-refractivity contribution in [1.29, 1.82) is 0 Å². The highest BCUT2D eigenvalue weighted by atomic mass is 16.5. The number of hydrogen-bond donors (Lipinski definition) is 2. The highest BCUT2D eigenvalue weighted by Gasteiger charge is 2.17. The summed E-state index contributed by atoms with van der Waals surface area (Å²) in [5.41, 5.74) is 4.13. The molecule has 2 aromatic carbocycles. The molecule has 0 aliphatic carbocycles. The van der Waals surface area contributed by atoms with Crippen LogP contribution in [-0.2, 0) is 22.7 Å². The maximum Gasteiger partial charge on any atom is 0.414 e. The summed E-state index contributed by atoms with van der Waals surface area (Å²) in [6, 6.07) is 17.3. The molecule has 0 radical (unpaired) electrons. The molecule has 3 rings (SSSR count). The molecule has 1 fully saturated rings. The lowest BCUT2D eigenvalue weighted by Crippen LogP contribution is -2.45. The monoisotopic (exact) mass is 400 g/mol. The van der Waals surface area contributed by atoms with Gasteiger partial charge in [-0.1, -0.05) is 42.0 Å². The number of piperazine rings is 1. The van der Waals surface area contributed by atoms with Crippen LogP contribution < -0.4 is 4.74 Å². The van der Waals surface area contributed by atoms with Crippen LogP contribution in [-0.4, -0.2) is 65.2 Å². The molecule has 1 aliphatic rings.